The number of hydrogen-bond acceptors (Lipinski definition) is 8. The van der Waals surface area contributed by atoms with Crippen molar-refractivity contribution in [1.29, 1.82) is 0 Å². The second-order valence-electron chi connectivity index (χ2n) is 6.24. The summed E-state index contributed by atoms with van der Waals surface area (Å²) in [5, 5.41) is 0. The number of likely N-dealkylation sites (N-methyl/N-ethyl adjacent to an activating group) is 1. The fourth-order valence-electron chi connectivity index (χ4n) is 2.92. The Labute approximate surface area is 152 Å². The van der Waals surface area contributed by atoms with Crippen LogP contribution in [0.25, 0.3) is 0 Å². The van der Waals surface area contributed by atoms with Gasteiger partial charge in [0.2, 0.25) is 5.76 Å². The molecule has 2 aromatic heterocycles. The van der Waals surface area contributed by atoms with Gasteiger partial charge < -0.3 is 23.7 Å². The molecule has 140 valence electrons. The monoisotopic (exact) mass is 360 g/mol. The molecule has 0 spiro atoms. The van der Waals surface area contributed by atoms with Crippen LogP contribution in [0.4, 0.5) is 6.01 Å². The predicted octanol–water partition coefficient (Wildman–Crippen LogP) is 1.75. The predicted molar refractivity (Wildman–Crippen MR) is 95.6 cm³/mol. The molecule has 3 heterocycles. The van der Waals surface area contributed by atoms with Crippen LogP contribution in [0.5, 0.6) is 5.75 Å². The lowest BCUT2D eigenvalue weighted by Gasteiger charge is -2.38. The number of piperazine rings is 1. The van der Waals surface area contributed by atoms with Crippen molar-refractivity contribution in [3.8, 4) is 5.75 Å². The Balaban J connectivity index is 1.75. The third-order valence-electron chi connectivity index (χ3n) is 4.25. The first-order valence-corrected chi connectivity index (χ1v) is 8.71. The van der Waals surface area contributed by atoms with E-state index in [1.165, 1.54) is 0 Å². The van der Waals surface area contributed by atoms with Crippen LogP contribution in [0.2, 0.25) is 0 Å². The summed E-state index contributed by atoms with van der Waals surface area (Å²) in [6, 6.07) is 4.18. The summed E-state index contributed by atoms with van der Waals surface area (Å²) in [7, 11) is 2.07. The van der Waals surface area contributed by atoms with Crippen molar-refractivity contribution < 1.29 is 18.7 Å². The normalized spacial score (nSPS) is 18.0. The van der Waals surface area contributed by atoms with Crippen LogP contribution in [0, 0.1) is 6.92 Å². The van der Waals surface area contributed by atoms with E-state index in [2.05, 4.69) is 21.9 Å². The molecule has 0 radical (unpaired) electrons. The molecular formula is C18H24N4O4. The van der Waals surface area contributed by atoms with Crippen molar-refractivity contribution in [3.05, 3.63) is 36.0 Å². The van der Waals surface area contributed by atoms with Crippen LogP contribution < -0.4 is 9.64 Å². The number of hydrogen-bond donors (Lipinski definition) is 0. The summed E-state index contributed by atoms with van der Waals surface area (Å²) in [4.78, 5) is 24.8. The summed E-state index contributed by atoms with van der Waals surface area (Å²) in [6.45, 7) is 6.68. The van der Waals surface area contributed by atoms with Gasteiger partial charge in [-0.15, -0.1) is 0 Å². The van der Waals surface area contributed by atoms with Gasteiger partial charge in [0.05, 0.1) is 24.5 Å². The summed E-state index contributed by atoms with van der Waals surface area (Å²) in [5.74, 6) is 0.394. The van der Waals surface area contributed by atoms with Gasteiger partial charge in [0.1, 0.15) is 12.4 Å². The Hall–Kier alpha value is -2.61. The maximum Gasteiger partial charge on any atom is 0.376 e. The minimum atomic E-state index is -0.485. The van der Waals surface area contributed by atoms with Gasteiger partial charge >= 0.3 is 5.97 Å². The SMILES string of the molecule is CCOC(=O)c1oc(N2CCN(C)CC2COc2cccnc2)nc1C. The first kappa shape index (κ1) is 18.2. The van der Waals surface area contributed by atoms with E-state index in [1.807, 2.05) is 17.0 Å². The first-order valence-electron chi connectivity index (χ1n) is 8.71. The molecule has 0 N–H and O–H groups in total. The van der Waals surface area contributed by atoms with E-state index in [1.54, 1.807) is 26.2 Å². The van der Waals surface area contributed by atoms with E-state index in [-0.39, 0.29) is 11.8 Å². The summed E-state index contributed by atoms with van der Waals surface area (Å²) in [6.07, 6.45) is 3.39. The maximum absolute atomic E-state index is 12.0. The van der Waals surface area contributed by atoms with Gasteiger partial charge in [-0.25, -0.2) is 4.79 Å². The molecule has 0 bridgehead atoms. The number of aromatic nitrogens is 2. The number of pyridine rings is 1. The lowest BCUT2D eigenvalue weighted by molar-refractivity contribution is 0.0489. The van der Waals surface area contributed by atoms with E-state index in [9.17, 15) is 4.79 Å². The molecular weight excluding hydrogens is 336 g/mol. The highest BCUT2D eigenvalue weighted by Crippen LogP contribution is 2.24. The molecule has 8 heteroatoms. The molecule has 1 aliphatic heterocycles. The molecule has 2 aromatic rings. The highest BCUT2D eigenvalue weighted by Gasteiger charge is 2.31. The Kier molecular flexibility index (Phi) is 5.72. The lowest BCUT2D eigenvalue weighted by atomic mass is 10.2. The van der Waals surface area contributed by atoms with Crippen LogP contribution in [0.3, 0.4) is 0 Å². The number of anilines is 1. The molecule has 0 amide bonds. The molecule has 1 aliphatic rings. The zero-order chi connectivity index (χ0) is 18.5. The molecule has 1 saturated heterocycles. The number of rotatable bonds is 6. The van der Waals surface area contributed by atoms with Crippen molar-refractivity contribution in [2.45, 2.75) is 19.9 Å². The average Bonchev–Trinajstić information content (AvgIpc) is 3.03. The summed E-state index contributed by atoms with van der Waals surface area (Å²) in [5.41, 5.74) is 0.532. The number of nitrogens with zero attached hydrogens (tertiary/aromatic N) is 4. The molecule has 26 heavy (non-hydrogen) atoms. The van der Waals surface area contributed by atoms with E-state index < -0.39 is 5.97 Å². The Morgan fingerprint density at radius 1 is 1.42 bits per heavy atom. The third kappa shape index (κ3) is 4.13. The molecule has 0 aromatic carbocycles. The Morgan fingerprint density at radius 3 is 3.00 bits per heavy atom. The van der Waals surface area contributed by atoms with Gasteiger partial charge in [-0.1, -0.05) is 0 Å². The molecule has 8 nitrogen and oxygen atoms in total. The zero-order valence-electron chi connectivity index (χ0n) is 15.3. The average molecular weight is 360 g/mol. The van der Waals surface area contributed by atoms with Gasteiger partial charge in [-0.05, 0) is 33.0 Å². The second-order valence-corrected chi connectivity index (χ2v) is 6.24. The number of carbonyl (C=O) groups is 1. The van der Waals surface area contributed by atoms with Crippen molar-refractivity contribution in [1.82, 2.24) is 14.9 Å². The number of aryl methyl sites for hydroxylation is 1. The van der Waals surface area contributed by atoms with Gasteiger partial charge in [-0.2, -0.15) is 4.98 Å². The highest BCUT2D eigenvalue weighted by atomic mass is 16.5. The van der Waals surface area contributed by atoms with Crippen LogP contribution in [0.1, 0.15) is 23.2 Å². The smallest absolute Gasteiger partial charge is 0.376 e. The molecule has 1 atom stereocenters. The van der Waals surface area contributed by atoms with Crippen LogP contribution in [-0.4, -0.2) is 66.8 Å². The van der Waals surface area contributed by atoms with E-state index >= 15 is 0 Å². The minimum Gasteiger partial charge on any atom is -0.490 e. The molecule has 1 unspecified atom stereocenters. The number of carbonyl (C=O) groups excluding carboxylic acids is 1. The van der Waals surface area contributed by atoms with Gasteiger partial charge in [0.15, 0.2) is 0 Å². The summed E-state index contributed by atoms with van der Waals surface area (Å²) < 4.78 is 16.6. The van der Waals surface area contributed by atoms with E-state index in [0.717, 1.165) is 25.4 Å². The topological polar surface area (TPSA) is 80.9 Å². The summed E-state index contributed by atoms with van der Waals surface area (Å²) >= 11 is 0. The minimum absolute atomic E-state index is 0.0436. The standard InChI is InChI=1S/C18H24N4O4/c1-4-24-17(23)16-13(2)20-18(26-16)22-9-8-21(3)11-14(22)12-25-15-6-5-7-19-10-15/h5-7,10,14H,4,8-9,11-12H2,1-3H3. The Morgan fingerprint density at radius 2 is 2.27 bits per heavy atom. The van der Waals surface area contributed by atoms with Crippen molar-refractivity contribution in [2.75, 3.05) is 44.8 Å². The van der Waals surface area contributed by atoms with Crippen LogP contribution >= 0.6 is 0 Å². The first-order chi connectivity index (χ1) is 12.6. The van der Waals surface area contributed by atoms with Crippen LogP contribution in [-0.2, 0) is 4.74 Å². The van der Waals surface area contributed by atoms with E-state index in [4.69, 9.17) is 13.9 Å². The van der Waals surface area contributed by atoms with E-state index in [0.29, 0.717) is 24.9 Å². The molecule has 0 aliphatic carbocycles. The lowest BCUT2D eigenvalue weighted by Crippen LogP contribution is -2.54. The van der Waals surface area contributed by atoms with Gasteiger partial charge in [0, 0.05) is 25.8 Å². The zero-order valence-corrected chi connectivity index (χ0v) is 15.3. The number of esters is 1. The number of oxazole rings is 1. The fraction of sp³-hybridized carbons (Fsp3) is 0.500. The fourth-order valence-corrected chi connectivity index (χ4v) is 2.92. The second kappa shape index (κ2) is 8.18. The van der Waals surface area contributed by atoms with Gasteiger partial charge in [-0.3, -0.25) is 4.98 Å². The van der Waals surface area contributed by atoms with Crippen LogP contribution in [0.15, 0.2) is 28.9 Å². The molecule has 3 rings (SSSR count). The largest absolute Gasteiger partial charge is 0.490 e. The van der Waals surface area contributed by atoms with Crippen molar-refractivity contribution in [2.24, 2.45) is 0 Å². The van der Waals surface area contributed by atoms with Gasteiger partial charge in [0.25, 0.3) is 6.01 Å². The third-order valence-corrected chi connectivity index (χ3v) is 4.25. The highest BCUT2D eigenvalue weighted by molar-refractivity contribution is 5.87. The maximum atomic E-state index is 12.0. The Bertz CT molecular complexity index is 734. The molecule has 0 saturated carbocycles. The quantitative estimate of drug-likeness (QED) is 0.721. The van der Waals surface area contributed by atoms with Crippen molar-refractivity contribution >= 4 is 12.0 Å². The van der Waals surface area contributed by atoms with Crippen molar-refractivity contribution in [3.63, 3.8) is 0 Å². The number of ether oxygens (including phenoxy) is 2. The molecule has 1 fully saturated rings.